The lowest BCUT2D eigenvalue weighted by atomic mass is 10.0. The van der Waals surface area contributed by atoms with Crippen molar-refractivity contribution in [2.75, 3.05) is 34.5 Å². The van der Waals surface area contributed by atoms with Crippen LogP contribution in [0, 0.1) is 0 Å². The van der Waals surface area contributed by atoms with E-state index in [1.54, 1.807) is 12.1 Å². The summed E-state index contributed by atoms with van der Waals surface area (Å²) in [7, 11) is 4.51. The van der Waals surface area contributed by atoms with Gasteiger partial charge in [-0.05, 0) is 29.2 Å². The smallest absolute Gasteiger partial charge is 0.310 e. The molecule has 156 valence electrons. The SMILES string of the molecule is COc1cc(CC(=O)OCC(=O)NC[C@H](C)c2ccccc2)cc(OC)c1OC. The molecule has 2 aromatic rings. The third-order valence-corrected chi connectivity index (χ3v) is 4.41. The fourth-order valence-electron chi connectivity index (χ4n) is 2.82. The number of esters is 1. The lowest BCUT2D eigenvalue weighted by molar-refractivity contribution is -0.147. The molecule has 2 rings (SSSR count). The molecule has 0 spiro atoms. The average molecular weight is 401 g/mol. The van der Waals surface area contributed by atoms with Crippen LogP contribution in [0.5, 0.6) is 17.2 Å². The van der Waals surface area contributed by atoms with Crippen LogP contribution in [0.3, 0.4) is 0 Å². The van der Waals surface area contributed by atoms with Gasteiger partial charge in [0.15, 0.2) is 18.1 Å². The van der Waals surface area contributed by atoms with Crippen molar-refractivity contribution in [3.8, 4) is 17.2 Å². The van der Waals surface area contributed by atoms with E-state index in [2.05, 4.69) is 5.32 Å². The van der Waals surface area contributed by atoms with E-state index in [0.717, 1.165) is 5.56 Å². The Labute approximate surface area is 170 Å². The first kappa shape index (κ1) is 22.1. The summed E-state index contributed by atoms with van der Waals surface area (Å²) >= 11 is 0. The van der Waals surface area contributed by atoms with Gasteiger partial charge < -0.3 is 24.3 Å². The third-order valence-electron chi connectivity index (χ3n) is 4.41. The molecule has 0 bridgehead atoms. The monoisotopic (exact) mass is 401 g/mol. The predicted molar refractivity (Wildman–Crippen MR) is 109 cm³/mol. The Morgan fingerprint density at radius 1 is 0.966 bits per heavy atom. The summed E-state index contributed by atoms with van der Waals surface area (Å²) in [5, 5.41) is 2.78. The number of rotatable bonds is 10. The summed E-state index contributed by atoms with van der Waals surface area (Å²) in [5.74, 6) is 0.634. The molecule has 0 unspecified atom stereocenters. The van der Waals surface area contributed by atoms with Crippen molar-refractivity contribution in [1.29, 1.82) is 0 Å². The largest absolute Gasteiger partial charge is 0.493 e. The van der Waals surface area contributed by atoms with Crippen molar-refractivity contribution in [2.24, 2.45) is 0 Å². The molecule has 0 aliphatic rings. The Kier molecular flexibility index (Phi) is 8.33. The van der Waals surface area contributed by atoms with E-state index in [9.17, 15) is 9.59 Å². The molecule has 1 atom stereocenters. The van der Waals surface area contributed by atoms with Crippen molar-refractivity contribution in [2.45, 2.75) is 19.3 Å². The van der Waals surface area contributed by atoms with Gasteiger partial charge in [0.1, 0.15) is 0 Å². The highest BCUT2D eigenvalue weighted by molar-refractivity contribution is 5.81. The number of ether oxygens (including phenoxy) is 4. The quantitative estimate of drug-likeness (QED) is 0.617. The van der Waals surface area contributed by atoms with Crippen LogP contribution in [-0.2, 0) is 20.7 Å². The number of hydrogen-bond acceptors (Lipinski definition) is 6. The van der Waals surface area contributed by atoms with Crippen LogP contribution in [0.2, 0.25) is 0 Å². The van der Waals surface area contributed by atoms with Gasteiger partial charge in [-0.15, -0.1) is 0 Å². The fourth-order valence-corrected chi connectivity index (χ4v) is 2.82. The first-order valence-electron chi connectivity index (χ1n) is 9.24. The number of benzene rings is 2. The number of amides is 1. The lowest BCUT2D eigenvalue weighted by Gasteiger charge is -2.14. The Morgan fingerprint density at radius 3 is 2.14 bits per heavy atom. The van der Waals surface area contributed by atoms with Crippen LogP contribution in [0.15, 0.2) is 42.5 Å². The van der Waals surface area contributed by atoms with E-state index >= 15 is 0 Å². The highest BCUT2D eigenvalue weighted by Crippen LogP contribution is 2.38. The molecule has 0 heterocycles. The Morgan fingerprint density at radius 2 is 1.59 bits per heavy atom. The standard InChI is InChI=1S/C22H27NO6/c1-15(17-8-6-5-7-9-17)13-23-20(24)14-29-21(25)12-16-10-18(26-2)22(28-4)19(11-16)27-3/h5-11,15H,12-14H2,1-4H3,(H,23,24)/t15-/m0/s1. The molecular weight excluding hydrogens is 374 g/mol. The van der Waals surface area contributed by atoms with Crippen molar-refractivity contribution in [3.05, 3.63) is 53.6 Å². The lowest BCUT2D eigenvalue weighted by Crippen LogP contribution is -2.31. The Bertz CT molecular complexity index is 796. The number of hydrogen-bond donors (Lipinski definition) is 1. The molecule has 0 aliphatic carbocycles. The van der Waals surface area contributed by atoms with Gasteiger partial charge in [-0.2, -0.15) is 0 Å². The predicted octanol–water partition coefficient (Wildman–Crippen LogP) is 2.72. The molecular formula is C22H27NO6. The summed E-state index contributed by atoms with van der Waals surface area (Å²) in [5.41, 5.74) is 1.76. The van der Waals surface area contributed by atoms with Crippen LogP contribution in [0.25, 0.3) is 0 Å². The maximum Gasteiger partial charge on any atom is 0.310 e. The number of carbonyl (C=O) groups is 2. The summed E-state index contributed by atoms with van der Waals surface area (Å²) < 4.78 is 20.9. The topological polar surface area (TPSA) is 83.1 Å². The number of nitrogens with one attached hydrogen (secondary N) is 1. The van der Waals surface area contributed by atoms with Crippen molar-refractivity contribution < 1.29 is 28.5 Å². The van der Waals surface area contributed by atoms with E-state index in [1.165, 1.54) is 21.3 Å². The second kappa shape index (κ2) is 10.9. The van der Waals surface area contributed by atoms with Gasteiger partial charge in [-0.1, -0.05) is 37.3 Å². The van der Waals surface area contributed by atoms with Gasteiger partial charge in [0.25, 0.3) is 5.91 Å². The molecule has 0 fully saturated rings. The van der Waals surface area contributed by atoms with Gasteiger partial charge in [0, 0.05) is 6.54 Å². The molecule has 2 aromatic carbocycles. The number of carbonyl (C=O) groups excluding carboxylic acids is 2. The molecule has 29 heavy (non-hydrogen) atoms. The first-order valence-corrected chi connectivity index (χ1v) is 9.24. The molecule has 0 saturated carbocycles. The van der Waals surface area contributed by atoms with E-state index in [4.69, 9.17) is 18.9 Å². The zero-order valence-electron chi connectivity index (χ0n) is 17.2. The molecule has 0 saturated heterocycles. The minimum atomic E-state index is -0.523. The fraction of sp³-hybridized carbons (Fsp3) is 0.364. The van der Waals surface area contributed by atoms with Crippen LogP contribution in [-0.4, -0.2) is 46.4 Å². The minimum Gasteiger partial charge on any atom is -0.493 e. The molecule has 7 heteroatoms. The van der Waals surface area contributed by atoms with Crippen molar-refractivity contribution in [1.82, 2.24) is 5.32 Å². The molecule has 0 aromatic heterocycles. The maximum atomic E-state index is 12.1. The minimum absolute atomic E-state index is 0.0234. The van der Waals surface area contributed by atoms with E-state index in [1.807, 2.05) is 37.3 Å². The Balaban J connectivity index is 1.84. The van der Waals surface area contributed by atoms with Gasteiger partial charge >= 0.3 is 5.97 Å². The number of methoxy groups -OCH3 is 3. The van der Waals surface area contributed by atoms with Gasteiger partial charge in [-0.3, -0.25) is 9.59 Å². The normalized spacial score (nSPS) is 11.3. The van der Waals surface area contributed by atoms with Gasteiger partial charge in [-0.25, -0.2) is 0 Å². The second-order valence-corrected chi connectivity index (χ2v) is 6.49. The molecule has 1 N–H and O–H groups in total. The maximum absolute atomic E-state index is 12.1. The zero-order chi connectivity index (χ0) is 21.2. The average Bonchev–Trinajstić information content (AvgIpc) is 2.75. The Hall–Kier alpha value is -3.22. The first-order chi connectivity index (χ1) is 14.0. The highest BCUT2D eigenvalue weighted by atomic mass is 16.5. The highest BCUT2D eigenvalue weighted by Gasteiger charge is 2.16. The molecule has 0 radical (unpaired) electrons. The van der Waals surface area contributed by atoms with Crippen LogP contribution < -0.4 is 19.5 Å². The van der Waals surface area contributed by atoms with Gasteiger partial charge in [0.2, 0.25) is 5.75 Å². The van der Waals surface area contributed by atoms with Crippen molar-refractivity contribution in [3.63, 3.8) is 0 Å². The summed E-state index contributed by atoms with van der Waals surface area (Å²) in [6.45, 7) is 2.16. The summed E-state index contributed by atoms with van der Waals surface area (Å²) in [4.78, 5) is 24.1. The van der Waals surface area contributed by atoms with Crippen LogP contribution in [0.1, 0.15) is 24.0 Å². The van der Waals surface area contributed by atoms with E-state index < -0.39 is 5.97 Å². The van der Waals surface area contributed by atoms with Crippen molar-refractivity contribution >= 4 is 11.9 Å². The molecule has 1 amide bonds. The summed E-state index contributed by atoms with van der Waals surface area (Å²) in [6, 6.07) is 13.2. The van der Waals surface area contributed by atoms with Crippen LogP contribution in [0.4, 0.5) is 0 Å². The third kappa shape index (κ3) is 6.41. The molecule has 7 nitrogen and oxygen atoms in total. The summed E-state index contributed by atoms with van der Waals surface area (Å²) in [6.07, 6.45) is -0.0234. The van der Waals surface area contributed by atoms with E-state index in [0.29, 0.717) is 29.4 Å². The van der Waals surface area contributed by atoms with Crippen LogP contribution >= 0.6 is 0 Å². The second-order valence-electron chi connectivity index (χ2n) is 6.49. The van der Waals surface area contributed by atoms with E-state index in [-0.39, 0.29) is 24.9 Å². The molecule has 0 aliphatic heterocycles. The van der Waals surface area contributed by atoms with Gasteiger partial charge in [0.05, 0.1) is 27.8 Å². The zero-order valence-corrected chi connectivity index (χ0v) is 17.2.